The van der Waals surface area contributed by atoms with E-state index < -0.39 is 17.6 Å². The maximum atomic E-state index is 12.7. The van der Waals surface area contributed by atoms with Crippen LogP contribution in [-0.2, 0) is 6.18 Å². The van der Waals surface area contributed by atoms with E-state index in [9.17, 15) is 18.0 Å². The lowest BCUT2D eigenvalue weighted by molar-refractivity contribution is -0.138. The molecule has 0 radical (unpaired) electrons. The smallest absolute Gasteiger partial charge is 0.319 e. The molecule has 100 valence electrons. The Morgan fingerprint density at radius 3 is 2.68 bits per heavy atom. The standard InChI is InChI=1S/C9H5BrF3N5O/c10-6-2-1-4(3-5(6)9(11,12)13)14-8(19)7-15-17-18-16-7/h1-3H,(H,14,19)(H,15,16,17,18). The first-order valence-electron chi connectivity index (χ1n) is 4.79. The van der Waals surface area contributed by atoms with Crippen molar-refractivity contribution in [2.24, 2.45) is 0 Å². The normalized spacial score (nSPS) is 11.4. The molecule has 1 aromatic carbocycles. The SMILES string of the molecule is O=C(Nc1ccc(Br)c(C(F)(F)F)c1)c1nn[nH]n1. The van der Waals surface area contributed by atoms with Crippen molar-refractivity contribution in [1.29, 1.82) is 0 Å². The number of hydrogen-bond donors (Lipinski definition) is 2. The molecule has 0 fully saturated rings. The van der Waals surface area contributed by atoms with E-state index in [1.54, 1.807) is 0 Å². The number of nitrogens with one attached hydrogen (secondary N) is 2. The minimum atomic E-state index is -4.52. The number of amides is 1. The number of carbonyl (C=O) groups excluding carboxylic acids is 1. The Kier molecular flexibility index (Phi) is 3.51. The number of aromatic nitrogens is 4. The zero-order chi connectivity index (χ0) is 14.0. The van der Waals surface area contributed by atoms with Gasteiger partial charge in [0, 0.05) is 10.2 Å². The molecule has 6 nitrogen and oxygen atoms in total. The van der Waals surface area contributed by atoms with Gasteiger partial charge in [0.15, 0.2) is 0 Å². The van der Waals surface area contributed by atoms with Crippen LogP contribution in [0.15, 0.2) is 22.7 Å². The van der Waals surface area contributed by atoms with E-state index in [1.807, 2.05) is 0 Å². The van der Waals surface area contributed by atoms with Crippen LogP contribution in [0.25, 0.3) is 0 Å². The Morgan fingerprint density at radius 1 is 1.37 bits per heavy atom. The first kappa shape index (κ1) is 13.5. The van der Waals surface area contributed by atoms with Gasteiger partial charge < -0.3 is 5.32 Å². The number of tetrazole rings is 1. The highest BCUT2D eigenvalue weighted by Crippen LogP contribution is 2.36. The second kappa shape index (κ2) is 4.96. The average molecular weight is 336 g/mol. The van der Waals surface area contributed by atoms with Crippen molar-refractivity contribution in [2.45, 2.75) is 6.18 Å². The second-order valence-electron chi connectivity index (χ2n) is 3.38. The van der Waals surface area contributed by atoms with E-state index in [4.69, 9.17) is 0 Å². The van der Waals surface area contributed by atoms with Gasteiger partial charge >= 0.3 is 6.18 Å². The molecular weight excluding hydrogens is 331 g/mol. The number of rotatable bonds is 2. The van der Waals surface area contributed by atoms with Gasteiger partial charge in [-0.2, -0.15) is 18.4 Å². The third-order valence-corrected chi connectivity index (χ3v) is 2.77. The Labute approximate surface area is 112 Å². The van der Waals surface area contributed by atoms with Gasteiger partial charge in [-0.25, -0.2) is 0 Å². The van der Waals surface area contributed by atoms with Crippen molar-refractivity contribution in [3.05, 3.63) is 34.1 Å². The lowest BCUT2D eigenvalue weighted by atomic mass is 10.2. The summed E-state index contributed by atoms with van der Waals surface area (Å²) in [5.74, 6) is -1.03. The number of halogens is 4. The first-order valence-corrected chi connectivity index (χ1v) is 5.59. The van der Waals surface area contributed by atoms with Gasteiger partial charge in [-0.3, -0.25) is 4.79 Å². The zero-order valence-corrected chi connectivity index (χ0v) is 10.6. The molecule has 2 rings (SSSR count). The molecule has 0 saturated heterocycles. The fourth-order valence-electron chi connectivity index (χ4n) is 1.27. The van der Waals surface area contributed by atoms with Crippen molar-refractivity contribution in [1.82, 2.24) is 20.6 Å². The van der Waals surface area contributed by atoms with E-state index in [0.717, 1.165) is 6.07 Å². The number of benzene rings is 1. The van der Waals surface area contributed by atoms with Crippen molar-refractivity contribution >= 4 is 27.5 Å². The molecule has 19 heavy (non-hydrogen) atoms. The molecule has 1 heterocycles. The Balaban J connectivity index is 2.25. The quantitative estimate of drug-likeness (QED) is 0.881. The van der Waals surface area contributed by atoms with Crippen LogP contribution in [0.5, 0.6) is 0 Å². The first-order chi connectivity index (χ1) is 8.88. The topological polar surface area (TPSA) is 83.6 Å². The highest BCUT2D eigenvalue weighted by Gasteiger charge is 2.33. The van der Waals surface area contributed by atoms with E-state index in [1.165, 1.54) is 12.1 Å². The molecule has 0 spiro atoms. The summed E-state index contributed by atoms with van der Waals surface area (Å²) in [6, 6.07) is 3.31. The summed E-state index contributed by atoms with van der Waals surface area (Å²) in [5.41, 5.74) is -0.913. The predicted octanol–water partition coefficient (Wildman–Crippen LogP) is 2.23. The predicted molar refractivity (Wildman–Crippen MR) is 61.3 cm³/mol. The average Bonchev–Trinajstić information content (AvgIpc) is 2.83. The van der Waals surface area contributed by atoms with Crippen LogP contribution in [0.3, 0.4) is 0 Å². The van der Waals surface area contributed by atoms with E-state index >= 15 is 0 Å². The minimum absolute atomic E-state index is 0.0228. The fourth-order valence-corrected chi connectivity index (χ4v) is 1.74. The van der Waals surface area contributed by atoms with Gasteiger partial charge in [-0.05, 0) is 23.4 Å². The monoisotopic (exact) mass is 335 g/mol. The summed E-state index contributed by atoms with van der Waals surface area (Å²) >= 11 is 2.80. The Hall–Kier alpha value is -1.97. The van der Waals surface area contributed by atoms with Crippen LogP contribution < -0.4 is 5.32 Å². The van der Waals surface area contributed by atoms with Crippen LogP contribution in [0.1, 0.15) is 16.2 Å². The van der Waals surface area contributed by atoms with Crippen molar-refractivity contribution in [3.63, 3.8) is 0 Å². The van der Waals surface area contributed by atoms with Gasteiger partial charge in [0.1, 0.15) is 0 Å². The van der Waals surface area contributed by atoms with Crippen molar-refractivity contribution in [2.75, 3.05) is 5.32 Å². The van der Waals surface area contributed by atoms with Crippen molar-refractivity contribution < 1.29 is 18.0 Å². The summed E-state index contributed by atoms with van der Waals surface area (Å²) in [6.07, 6.45) is -4.52. The highest BCUT2D eigenvalue weighted by molar-refractivity contribution is 9.10. The molecular formula is C9H5BrF3N5O. The van der Waals surface area contributed by atoms with Crippen LogP contribution in [-0.4, -0.2) is 26.5 Å². The van der Waals surface area contributed by atoms with E-state index in [-0.39, 0.29) is 16.0 Å². The van der Waals surface area contributed by atoms with Gasteiger partial charge in [0.2, 0.25) is 0 Å². The summed E-state index contributed by atoms with van der Waals surface area (Å²) < 4.78 is 37.9. The maximum Gasteiger partial charge on any atom is 0.417 e. The van der Waals surface area contributed by atoms with Crippen LogP contribution in [0.4, 0.5) is 18.9 Å². The number of anilines is 1. The Bertz CT molecular complexity index is 598. The molecule has 10 heteroatoms. The van der Waals surface area contributed by atoms with E-state index in [0.29, 0.717) is 0 Å². The number of hydrogen-bond acceptors (Lipinski definition) is 4. The number of H-pyrrole nitrogens is 1. The van der Waals surface area contributed by atoms with Gasteiger partial charge in [-0.15, -0.1) is 10.2 Å². The molecule has 1 aromatic heterocycles. The fraction of sp³-hybridized carbons (Fsp3) is 0.111. The third-order valence-electron chi connectivity index (χ3n) is 2.08. The number of nitrogens with zero attached hydrogens (tertiary/aromatic N) is 3. The molecule has 2 N–H and O–H groups in total. The van der Waals surface area contributed by atoms with Gasteiger partial charge in [-0.1, -0.05) is 15.9 Å². The molecule has 2 aromatic rings. The molecule has 0 saturated carbocycles. The molecule has 0 aliphatic rings. The van der Waals surface area contributed by atoms with Crippen LogP contribution in [0, 0.1) is 0 Å². The minimum Gasteiger partial charge on any atom is -0.319 e. The van der Waals surface area contributed by atoms with Crippen LogP contribution in [0.2, 0.25) is 0 Å². The largest absolute Gasteiger partial charge is 0.417 e. The molecule has 0 aliphatic carbocycles. The third kappa shape index (κ3) is 3.08. The van der Waals surface area contributed by atoms with Crippen molar-refractivity contribution in [3.8, 4) is 0 Å². The summed E-state index contributed by atoms with van der Waals surface area (Å²) in [6.45, 7) is 0. The summed E-state index contributed by atoms with van der Waals surface area (Å²) in [5, 5.41) is 14.3. The molecule has 0 aliphatic heterocycles. The lowest BCUT2D eigenvalue weighted by Gasteiger charge is -2.11. The van der Waals surface area contributed by atoms with E-state index in [2.05, 4.69) is 41.9 Å². The second-order valence-corrected chi connectivity index (χ2v) is 4.24. The molecule has 1 amide bonds. The molecule has 0 atom stereocenters. The highest BCUT2D eigenvalue weighted by atomic mass is 79.9. The number of carbonyl (C=O) groups is 1. The van der Waals surface area contributed by atoms with Gasteiger partial charge in [0.25, 0.3) is 11.7 Å². The summed E-state index contributed by atoms with van der Waals surface area (Å²) in [7, 11) is 0. The summed E-state index contributed by atoms with van der Waals surface area (Å²) in [4.78, 5) is 11.5. The molecule has 0 unspecified atom stereocenters. The van der Waals surface area contributed by atoms with Gasteiger partial charge in [0.05, 0.1) is 5.56 Å². The van der Waals surface area contributed by atoms with Crippen LogP contribution >= 0.6 is 15.9 Å². The zero-order valence-electron chi connectivity index (χ0n) is 8.99. The maximum absolute atomic E-state index is 12.7. The Morgan fingerprint density at radius 2 is 2.11 bits per heavy atom. The lowest BCUT2D eigenvalue weighted by Crippen LogP contribution is -2.15. The number of alkyl halides is 3. The molecule has 0 bridgehead atoms. The number of aromatic amines is 1.